The number of hydrogen-bond donors (Lipinski definition) is 1. The molecule has 1 N–H and O–H groups in total. The van der Waals surface area contributed by atoms with Gasteiger partial charge in [-0.2, -0.15) is 0 Å². The first-order valence-electron chi connectivity index (χ1n) is 11.7. The number of sulfonamides is 1. The minimum absolute atomic E-state index is 0.0252. The number of hydrogen-bond acceptors (Lipinski definition) is 5. The molecule has 0 radical (unpaired) electrons. The lowest BCUT2D eigenvalue weighted by Gasteiger charge is -2.22. The van der Waals surface area contributed by atoms with Crippen molar-refractivity contribution in [3.63, 3.8) is 0 Å². The number of carbonyl (C=O) groups excluding carboxylic acids is 1. The number of Topliss-reactive ketones (excluding diaryl/α,β-unsaturated/α-hetero) is 1. The average molecular weight is 522 g/mol. The molecule has 0 amide bonds. The fraction of sp³-hybridized carbons (Fsp3) is 0.214. The van der Waals surface area contributed by atoms with E-state index in [1.165, 1.54) is 6.08 Å². The van der Waals surface area contributed by atoms with E-state index in [1.54, 1.807) is 42.5 Å². The van der Waals surface area contributed by atoms with Crippen molar-refractivity contribution in [1.29, 1.82) is 0 Å². The minimum Gasteiger partial charge on any atom is -0.372 e. The number of nitrogens with zero attached hydrogens (tertiary/aromatic N) is 2. The van der Waals surface area contributed by atoms with Crippen molar-refractivity contribution in [2.24, 2.45) is 4.99 Å². The Bertz CT molecular complexity index is 1490. The molecule has 3 aromatic carbocycles. The highest BCUT2D eigenvalue weighted by atomic mass is 35.5. The van der Waals surface area contributed by atoms with Gasteiger partial charge in [-0.15, -0.1) is 0 Å². The van der Waals surface area contributed by atoms with Crippen molar-refractivity contribution in [2.45, 2.75) is 32.6 Å². The summed E-state index contributed by atoms with van der Waals surface area (Å²) in [6.45, 7) is 9.85. The molecule has 0 heterocycles. The van der Waals surface area contributed by atoms with E-state index in [-0.39, 0.29) is 21.4 Å². The fourth-order valence-electron chi connectivity index (χ4n) is 4.18. The summed E-state index contributed by atoms with van der Waals surface area (Å²) < 4.78 is 28.9. The molecule has 1 aliphatic carbocycles. The predicted molar refractivity (Wildman–Crippen MR) is 148 cm³/mol. The third-order valence-electron chi connectivity index (χ3n) is 6.17. The lowest BCUT2D eigenvalue weighted by Crippen LogP contribution is -2.21. The molecular weight excluding hydrogens is 494 g/mol. The SMILES string of the molecule is CCN(CC)c1ccc(N=C2C=C(Cl)C(=O)c3cccc(NS(=O)(=O)c4ccc(C)cc4)c32)c(C)c1. The van der Waals surface area contributed by atoms with Crippen molar-refractivity contribution in [1.82, 2.24) is 0 Å². The molecule has 0 atom stereocenters. The largest absolute Gasteiger partial charge is 0.372 e. The molecule has 0 unspecified atom stereocenters. The van der Waals surface area contributed by atoms with Crippen LogP contribution in [0.3, 0.4) is 0 Å². The number of nitrogens with one attached hydrogen (secondary N) is 1. The fourth-order valence-corrected chi connectivity index (χ4v) is 5.46. The average Bonchev–Trinajstić information content (AvgIpc) is 2.84. The molecule has 0 spiro atoms. The van der Waals surface area contributed by atoms with Crippen LogP contribution >= 0.6 is 11.6 Å². The molecule has 8 heteroatoms. The lowest BCUT2D eigenvalue weighted by atomic mass is 9.92. The van der Waals surface area contributed by atoms with Crippen LogP contribution in [0.4, 0.5) is 17.1 Å². The van der Waals surface area contributed by atoms with Gasteiger partial charge in [0.15, 0.2) is 0 Å². The van der Waals surface area contributed by atoms with E-state index in [2.05, 4.69) is 29.5 Å². The van der Waals surface area contributed by atoms with Crippen LogP contribution in [-0.4, -0.2) is 33.0 Å². The molecule has 186 valence electrons. The summed E-state index contributed by atoms with van der Waals surface area (Å²) in [5.41, 5.74) is 5.07. The number of benzene rings is 3. The van der Waals surface area contributed by atoms with Crippen LogP contribution in [0, 0.1) is 13.8 Å². The minimum atomic E-state index is -3.90. The van der Waals surface area contributed by atoms with Gasteiger partial charge in [0, 0.05) is 29.9 Å². The monoisotopic (exact) mass is 521 g/mol. The highest BCUT2D eigenvalue weighted by molar-refractivity contribution is 7.92. The second-order valence-electron chi connectivity index (χ2n) is 8.61. The zero-order valence-electron chi connectivity index (χ0n) is 20.7. The van der Waals surface area contributed by atoms with E-state index in [1.807, 2.05) is 26.0 Å². The van der Waals surface area contributed by atoms with E-state index in [0.29, 0.717) is 22.5 Å². The van der Waals surface area contributed by atoms with Crippen LogP contribution in [0.1, 0.15) is 40.9 Å². The van der Waals surface area contributed by atoms with Gasteiger partial charge in [-0.05, 0) is 75.7 Å². The summed E-state index contributed by atoms with van der Waals surface area (Å²) >= 11 is 6.28. The Labute approximate surface area is 217 Å². The van der Waals surface area contributed by atoms with Crippen LogP contribution in [0.15, 0.2) is 81.7 Å². The molecule has 4 rings (SSSR count). The normalized spacial score (nSPS) is 14.4. The third kappa shape index (κ3) is 5.08. The molecule has 36 heavy (non-hydrogen) atoms. The Morgan fingerprint density at radius 3 is 2.31 bits per heavy atom. The van der Waals surface area contributed by atoms with Crippen molar-refractivity contribution >= 4 is 50.2 Å². The summed E-state index contributed by atoms with van der Waals surface area (Å²) in [7, 11) is -3.90. The van der Waals surface area contributed by atoms with Gasteiger partial charge in [0.05, 0.1) is 27.0 Å². The molecular formula is C28H28ClN3O3S. The van der Waals surface area contributed by atoms with Gasteiger partial charge in [-0.3, -0.25) is 9.52 Å². The van der Waals surface area contributed by atoms with Crippen molar-refractivity contribution in [3.05, 3.63) is 94.0 Å². The number of anilines is 2. The number of allylic oxidation sites excluding steroid dienone is 2. The maximum Gasteiger partial charge on any atom is 0.261 e. The zero-order chi connectivity index (χ0) is 26.0. The van der Waals surface area contributed by atoms with Gasteiger partial charge in [0.1, 0.15) is 0 Å². The van der Waals surface area contributed by atoms with Gasteiger partial charge < -0.3 is 4.90 Å². The van der Waals surface area contributed by atoms with Crippen LogP contribution in [0.2, 0.25) is 0 Å². The Morgan fingerprint density at radius 2 is 1.67 bits per heavy atom. The molecule has 0 bridgehead atoms. The first-order valence-corrected chi connectivity index (χ1v) is 13.6. The highest BCUT2D eigenvalue weighted by Crippen LogP contribution is 2.33. The topological polar surface area (TPSA) is 78.8 Å². The molecule has 0 saturated carbocycles. The van der Waals surface area contributed by atoms with Crippen LogP contribution in [0.25, 0.3) is 0 Å². The van der Waals surface area contributed by atoms with Gasteiger partial charge in [0.25, 0.3) is 10.0 Å². The van der Waals surface area contributed by atoms with E-state index >= 15 is 0 Å². The molecule has 0 fully saturated rings. The Morgan fingerprint density at radius 1 is 0.972 bits per heavy atom. The van der Waals surface area contributed by atoms with Crippen LogP contribution in [-0.2, 0) is 10.0 Å². The van der Waals surface area contributed by atoms with Crippen molar-refractivity contribution in [2.75, 3.05) is 22.7 Å². The van der Waals surface area contributed by atoms with Gasteiger partial charge in [-0.25, -0.2) is 13.4 Å². The number of ketones is 1. The summed E-state index contributed by atoms with van der Waals surface area (Å²) in [5, 5.41) is 0.0252. The number of fused-ring (bicyclic) bond motifs is 1. The molecule has 0 aliphatic heterocycles. The van der Waals surface area contributed by atoms with Gasteiger partial charge >= 0.3 is 0 Å². The quantitative estimate of drug-likeness (QED) is 0.390. The molecule has 3 aromatic rings. The van der Waals surface area contributed by atoms with Crippen LogP contribution < -0.4 is 9.62 Å². The maximum atomic E-state index is 13.1. The van der Waals surface area contributed by atoms with E-state index in [0.717, 1.165) is 29.9 Å². The molecule has 6 nitrogen and oxygen atoms in total. The number of carbonyl (C=O) groups is 1. The summed E-state index contributed by atoms with van der Waals surface area (Å²) in [6, 6.07) is 17.4. The predicted octanol–water partition coefficient (Wildman–Crippen LogP) is 6.39. The van der Waals surface area contributed by atoms with Crippen molar-refractivity contribution < 1.29 is 13.2 Å². The summed E-state index contributed by atoms with van der Waals surface area (Å²) in [6.07, 6.45) is 1.49. The highest BCUT2D eigenvalue weighted by Gasteiger charge is 2.28. The Hall–Kier alpha value is -3.42. The number of aliphatic imine (C=N–C) groups is 1. The first kappa shape index (κ1) is 25.7. The Balaban J connectivity index is 1.81. The smallest absolute Gasteiger partial charge is 0.261 e. The number of halogens is 1. The third-order valence-corrected chi connectivity index (χ3v) is 7.83. The Kier molecular flexibility index (Phi) is 7.33. The van der Waals surface area contributed by atoms with Crippen molar-refractivity contribution in [3.8, 4) is 0 Å². The number of rotatable bonds is 7. The zero-order valence-corrected chi connectivity index (χ0v) is 22.2. The molecule has 0 saturated heterocycles. The van der Waals surface area contributed by atoms with E-state index in [9.17, 15) is 13.2 Å². The second kappa shape index (κ2) is 10.3. The van der Waals surface area contributed by atoms with E-state index < -0.39 is 10.0 Å². The first-order chi connectivity index (χ1) is 17.1. The molecule has 0 aromatic heterocycles. The maximum absolute atomic E-state index is 13.1. The van der Waals surface area contributed by atoms with Crippen LogP contribution in [0.5, 0.6) is 0 Å². The van der Waals surface area contributed by atoms with E-state index in [4.69, 9.17) is 16.6 Å². The summed E-state index contributed by atoms with van der Waals surface area (Å²) in [5.74, 6) is -0.379. The molecule has 1 aliphatic rings. The standard InChI is InChI=1S/C28H28ClN3O3S/c1-5-32(6-2)20-12-15-24(19(4)16-20)30-26-17-23(29)28(33)22-8-7-9-25(27(22)26)31-36(34,35)21-13-10-18(3)11-14-21/h7-17,31H,5-6H2,1-4H3. The summed E-state index contributed by atoms with van der Waals surface area (Å²) in [4.78, 5) is 20.0. The second-order valence-corrected chi connectivity index (χ2v) is 10.7. The van der Waals surface area contributed by atoms with Gasteiger partial charge in [-0.1, -0.05) is 41.4 Å². The van der Waals surface area contributed by atoms with Gasteiger partial charge in [0.2, 0.25) is 5.78 Å². The lowest BCUT2D eigenvalue weighted by molar-refractivity contribution is 0.104. The number of aryl methyl sites for hydroxylation is 2.